The van der Waals surface area contributed by atoms with Crippen molar-refractivity contribution in [1.82, 2.24) is 9.38 Å². The van der Waals surface area contributed by atoms with E-state index in [4.69, 9.17) is 5.73 Å². The summed E-state index contributed by atoms with van der Waals surface area (Å²) in [5, 5.41) is 0. The van der Waals surface area contributed by atoms with Crippen LogP contribution < -0.4 is 5.73 Å². The third kappa shape index (κ3) is 3.31. The highest BCUT2D eigenvalue weighted by Gasteiger charge is 2.03. The fourth-order valence-electron chi connectivity index (χ4n) is 1.36. The van der Waals surface area contributed by atoms with Crippen LogP contribution in [0.5, 0.6) is 0 Å². The summed E-state index contributed by atoms with van der Waals surface area (Å²) in [6.07, 6.45) is 4.49. The van der Waals surface area contributed by atoms with Gasteiger partial charge in [-0.1, -0.05) is 28.2 Å². The van der Waals surface area contributed by atoms with Crippen LogP contribution in [0.2, 0.25) is 0 Å². The molecule has 0 atom stereocenters. The van der Waals surface area contributed by atoms with E-state index >= 15 is 0 Å². The summed E-state index contributed by atoms with van der Waals surface area (Å²) in [4.78, 5) is 15.3. The first-order valence-electron chi connectivity index (χ1n) is 5.48. The number of fused-ring (bicyclic) bond motifs is 1. The Morgan fingerprint density at radius 3 is 2.53 bits per heavy atom. The van der Waals surface area contributed by atoms with Crippen LogP contribution in [0.3, 0.4) is 0 Å². The van der Waals surface area contributed by atoms with Gasteiger partial charge in [0, 0.05) is 12.4 Å². The van der Waals surface area contributed by atoms with Gasteiger partial charge in [0.05, 0.1) is 11.3 Å². The molecule has 0 bridgehead atoms. The third-order valence-corrected chi connectivity index (χ3v) is 2.15. The van der Waals surface area contributed by atoms with Gasteiger partial charge in [0.15, 0.2) is 0 Å². The summed E-state index contributed by atoms with van der Waals surface area (Å²) in [7, 11) is 0. The van der Waals surface area contributed by atoms with E-state index < -0.39 is 5.91 Å². The second-order valence-electron chi connectivity index (χ2n) is 3.13. The highest BCUT2D eigenvalue weighted by atomic mass is 16.1. The van der Waals surface area contributed by atoms with Gasteiger partial charge in [-0.05, 0) is 18.6 Å². The van der Waals surface area contributed by atoms with Crippen molar-refractivity contribution >= 4 is 11.6 Å². The molecule has 4 nitrogen and oxygen atoms in total. The van der Waals surface area contributed by atoms with Gasteiger partial charge in [-0.2, -0.15) is 0 Å². The number of carbonyl (C=O) groups is 1. The lowest BCUT2D eigenvalue weighted by Gasteiger charge is -1.95. The van der Waals surface area contributed by atoms with Crippen LogP contribution in [-0.2, 0) is 6.42 Å². The molecule has 0 saturated carbocycles. The zero-order chi connectivity index (χ0) is 12.1. The zero-order valence-electron chi connectivity index (χ0n) is 9.90. The number of hydrogen-bond acceptors (Lipinski definition) is 2. The molecular formula is C13H21N3O. The monoisotopic (exact) mass is 235 g/mol. The average molecular weight is 235 g/mol. The molecule has 2 aromatic rings. The quantitative estimate of drug-likeness (QED) is 0.869. The molecule has 0 aliphatic rings. The van der Waals surface area contributed by atoms with E-state index in [9.17, 15) is 4.79 Å². The number of nitrogens with zero attached hydrogens (tertiary/aromatic N) is 2. The molecule has 0 unspecified atom stereocenters. The number of imidazole rings is 1. The predicted molar refractivity (Wildman–Crippen MR) is 71.2 cm³/mol. The van der Waals surface area contributed by atoms with Crippen LogP contribution in [0, 0.1) is 0 Å². The molecule has 2 heterocycles. The van der Waals surface area contributed by atoms with Crippen LogP contribution in [-0.4, -0.2) is 15.3 Å². The molecule has 0 fully saturated rings. The van der Waals surface area contributed by atoms with Gasteiger partial charge in [-0.15, -0.1) is 0 Å². The molecule has 2 aromatic heterocycles. The van der Waals surface area contributed by atoms with E-state index in [2.05, 4.69) is 4.98 Å². The van der Waals surface area contributed by atoms with E-state index in [1.165, 1.54) is 0 Å². The molecule has 2 N–H and O–H groups in total. The Labute approximate surface area is 102 Å². The van der Waals surface area contributed by atoms with Crippen LogP contribution >= 0.6 is 0 Å². The maximum Gasteiger partial charge on any atom is 0.250 e. The molecular weight excluding hydrogens is 214 g/mol. The Morgan fingerprint density at radius 1 is 1.35 bits per heavy atom. The Hall–Kier alpha value is -1.84. The largest absolute Gasteiger partial charge is 0.366 e. The van der Waals surface area contributed by atoms with Gasteiger partial charge in [-0.3, -0.25) is 4.79 Å². The summed E-state index contributed by atoms with van der Waals surface area (Å²) < 4.78 is 1.82. The first kappa shape index (κ1) is 15.2. The van der Waals surface area contributed by atoms with Crippen LogP contribution in [0.1, 0.15) is 44.2 Å². The van der Waals surface area contributed by atoms with Crippen molar-refractivity contribution in [3.05, 3.63) is 35.8 Å². The number of primary amides is 1. The number of nitrogens with two attached hydrogens (primary N) is 1. The minimum atomic E-state index is -0.418. The average Bonchev–Trinajstić information content (AvgIpc) is 2.73. The number of hydrogen-bond donors (Lipinski definition) is 1. The van der Waals surface area contributed by atoms with Crippen LogP contribution in [0.15, 0.2) is 24.5 Å². The fraction of sp³-hybridized carbons (Fsp3) is 0.385. The number of carbonyl (C=O) groups excluding carboxylic acids is 1. The van der Waals surface area contributed by atoms with Gasteiger partial charge in [0.1, 0.15) is 5.65 Å². The van der Waals surface area contributed by atoms with Crippen molar-refractivity contribution in [3.8, 4) is 0 Å². The molecule has 0 saturated heterocycles. The van der Waals surface area contributed by atoms with Crippen molar-refractivity contribution in [1.29, 1.82) is 0 Å². The summed E-state index contributed by atoms with van der Waals surface area (Å²) in [5.74, 6) is -0.418. The molecule has 0 aliphatic heterocycles. The molecule has 4 heteroatoms. The number of aromatic nitrogens is 2. The second-order valence-corrected chi connectivity index (χ2v) is 3.13. The Bertz CT molecular complexity index is 488. The van der Waals surface area contributed by atoms with Gasteiger partial charge >= 0.3 is 0 Å². The van der Waals surface area contributed by atoms with E-state index in [0.717, 1.165) is 17.8 Å². The highest BCUT2D eigenvalue weighted by Crippen LogP contribution is 2.07. The normalized spacial score (nSPS) is 9.12. The highest BCUT2D eigenvalue weighted by molar-refractivity contribution is 5.92. The summed E-state index contributed by atoms with van der Waals surface area (Å²) >= 11 is 0. The first-order chi connectivity index (χ1) is 7.70. The van der Waals surface area contributed by atoms with Crippen molar-refractivity contribution in [3.63, 3.8) is 0 Å². The van der Waals surface area contributed by atoms with Crippen molar-refractivity contribution in [2.75, 3.05) is 0 Å². The molecule has 0 spiro atoms. The third-order valence-electron chi connectivity index (χ3n) is 2.15. The van der Waals surface area contributed by atoms with E-state index in [-0.39, 0.29) is 7.43 Å². The zero-order valence-corrected chi connectivity index (χ0v) is 9.90. The summed E-state index contributed by atoms with van der Waals surface area (Å²) in [6.45, 7) is 6.04. The lowest BCUT2D eigenvalue weighted by molar-refractivity contribution is 0.1000. The molecule has 94 valence electrons. The van der Waals surface area contributed by atoms with Crippen molar-refractivity contribution in [2.45, 2.75) is 34.6 Å². The summed E-state index contributed by atoms with van der Waals surface area (Å²) in [6, 6.07) is 3.48. The molecule has 0 aromatic carbocycles. The first-order valence-corrected chi connectivity index (χ1v) is 5.48. The van der Waals surface area contributed by atoms with Crippen molar-refractivity contribution < 1.29 is 4.79 Å². The number of pyridine rings is 1. The van der Waals surface area contributed by atoms with E-state index in [0.29, 0.717) is 5.56 Å². The molecule has 1 amide bonds. The standard InChI is InChI=1S/C10H11N3O.C2H6.CH4/c1-2-8-6-13-5-7(10(11)14)3-4-9(13)12-8;1-2;/h3-6H,2H2,1H3,(H2,11,14);1-2H3;1H4. The lowest BCUT2D eigenvalue weighted by Crippen LogP contribution is -2.11. The predicted octanol–water partition coefficient (Wildman–Crippen LogP) is 2.66. The molecule has 17 heavy (non-hydrogen) atoms. The minimum Gasteiger partial charge on any atom is -0.366 e. The Balaban J connectivity index is 0.000000811. The van der Waals surface area contributed by atoms with Gasteiger partial charge < -0.3 is 10.1 Å². The number of rotatable bonds is 2. The smallest absolute Gasteiger partial charge is 0.250 e. The molecule has 2 rings (SSSR count). The summed E-state index contributed by atoms with van der Waals surface area (Å²) in [5.41, 5.74) is 7.51. The number of aryl methyl sites for hydroxylation is 1. The van der Waals surface area contributed by atoms with Gasteiger partial charge in [0.25, 0.3) is 0 Å². The topological polar surface area (TPSA) is 60.4 Å². The second kappa shape index (κ2) is 6.68. The van der Waals surface area contributed by atoms with E-state index in [1.807, 2.05) is 31.4 Å². The SMILES string of the molecule is C.CC.CCc1cn2cc(C(N)=O)ccc2n1. The maximum absolute atomic E-state index is 10.9. The van der Waals surface area contributed by atoms with Gasteiger partial charge in [-0.25, -0.2) is 4.98 Å². The van der Waals surface area contributed by atoms with Gasteiger partial charge in [0.2, 0.25) is 5.91 Å². The maximum atomic E-state index is 10.9. The minimum absolute atomic E-state index is 0. The van der Waals surface area contributed by atoms with Crippen LogP contribution in [0.4, 0.5) is 0 Å². The Morgan fingerprint density at radius 2 is 2.00 bits per heavy atom. The lowest BCUT2D eigenvalue weighted by atomic mass is 10.3. The fourth-order valence-corrected chi connectivity index (χ4v) is 1.36. The number of amides is 1. The van der Waals surface area contributed by atoms with Crippen LogP contribution in [0.25, 0.3) is 5.65 Å². The van der Waals surface area contributed by atoms with Crippen molar-refractivity contribution in [2.24, 2.45) is 5.73 Å². The molecule has 0 radical (unpaired) electrons. The molecule has 0 aliphatic carbocycles. The van der Waals surface area contributed by atoms with E-state index in [1.54, 1.807) is 18.3 Å². The Kier molecular flexibility index (Phi) is 5.96.